The maximum atomic E-state index is 12.3. The number of amides is 1. The van der Waals surface area contributed by atoms with Gasteiger partial charge in [-0.25, -0.2) is 4.98 Å². The lowest BCUT2D eigenvalue weighted by Gasteiger charge is -2.16. The second-order valence-electron chi connectivity index (χ2n) is 6.00. The van der Waals surface area contributed by atoms with Gasteiger partial charge in [0.25, 0.3) is 0 Å². The number of halogens is 1. The van der Waals surface area contributed by atoms with Crippen LogP contribution in [0.15, 0.2) is 29.6 Å². The van der Waals surface area contributed by atoms with E-state index in [1.54, 1.807) is 0 Å². The van der Waals surface area contributed by atoms with Crippen LogP contribution < -0.4 is 5.73 Å². The van der Waals surface area contributed by atoms with Gasteiger partial charge in [0.1, 0.15) is 0 Å². The van der Waals surface area contributed by atoms with Gasteiger partial charge in [0.15, 0.2) is 5.13 Å². The SMILES string of the molecule is Nc1nc(CCC(=O)N2CCC(Cc3ccc(Cl)cc3)C2)cs1. The zero-order valence-electron chi connectivity index (χ0n) is 12.9. The van der Waals surface area contributed by atoms with Crippen molar-refractivity contribution in [3.63, 3.8) is 0 Å². The Morgan fingerprint density at radius 2 is 2.17 bits per heavy atom. The van der Waals surface area contributed by atoms with Crippen molar-refractivity contribution >= 4 is 34.0 Å². The summed E-state index contributed by atoms with van der Waals surface area (Å²) in [5.41, 5.74) is 7.81. The number of aromatic nitrogens is 1. The Labute approximate surface area is 145 Å². The van der Waals surface area contributed by atoms with Gasteiger partial charge < -0.3 is 10.6 Å². The molecule has 0 bridgehead atoms. The molecule has 1 atom stereocenters. The van der Waals surface area contributed by atoms with Crippen molar-refractivity contribution in [3.8, 4) is 0 Å². The molecule has 0 aliphatic carbocycles. The van der Waals surface area contributed by atoms with Gasteiger partial charge in [0.05, 0.1) is 5.69 Å². The van der Waals surface area contributed by atoms with E-state index < -0.39 is 0 Å². The van der Waals surface area contributed by atoms with Crippen LogP contribution in [0.5, 0.6) is 0 Å². The zero-order chi connectivity index (χ0) is 16.2. The highest BCUT2D eigenvalue weighted by atomic mass is 35.5. The number of hydrogen-bond donors (Lipinski definition) is 1. The molecule has 4 nitrogen and oxygen atoms in total. The van der Waals surface area contributed by atoms with E-state index in [9.17, 15) is 4.79 Å². The molecule has 3 rings (SSSR count). The van der Waals surface area contributed by atoms with Crippen LogP contribution in [0.25, 0.3) is 0 Å². The van der Waals surface area contributed by atoms with Crippen molar-refractivity contribution < 1.29 is 4.79 Å². The first-order valence-electron chi connectivity index (χ1n) is 7.82. The molecular weight excluding hydrogens is 330 g/mol. The van der Waals surface area contributed by atoms with Crippen LogP contribution in [0.1, 0.15) is 24.1 Å². The van der Waals surface area contributed by atoms with Gasteiger partial charge in [-0.2, -0.15) is 0 Å². The molecule has 1 unspecified atom stereocenters. The van der Waals surface area contributed by atoms with Gasteiger partial charge in [0, 0.05) is 29.9 Å². The molecule has 1 saturated heterocycles. The van der Waals surface area contributed by atoms with E-state index in [2.05, 4.69) is 17.1 Å². The van der Waals surface area contributed by atoms with Crippen LogP contribution in [0.4, 0.5) is 5.13 Å². The van der Waals surface area contributed by atoms with Gasteiger partial charge >= 0.3 is 0 Å². The fourth-order valence-electron chi connectivity index (χ4n) is 3.01. The predicted molar refractivity (Wildman–Crippen MR) is 94.7 cm³/mol. The smallest absolute Gasteiger partial charge is 0.222 e. The maximum absolute atomic E-state index is 12.3. The quantitative estimate of drug-likeness (QED) is 0.899. The van der Waals surface area contributed by atoms with Crippen molar-refractivity contribution in [1.29, 1.82) is 0 Å². The summed E-state index contributed by atoms with van der Waals surface area (Å²) in [5, 5.41) is 3.26. The second kappa shape index (κ2) is 7.32. The summed E-state index contributed by atoms with van der Waals surface area (Å²) in [6, 6.07) is 7.99. The monoisotopic (exact) mass is 349 g/mol. The maximum Gasteiger partial charge on any atom is 0.222 e. The highest BCUT2D eigenvalue weighted by Crippen LogP contribution is 2.23. The fourth-order valence-corrected chi connectivity index (χ4v) is 3.73. The number of anilines is 1. The number of aryl methyl sites for hydroxylation is 1. The summed E-state index contributed by atoms with van der Waals surface area (Å²) < 4.78 is 0. The minimum Gasteiger partial charge on any atom is -0.375 e. The number of carbonyl (C=O) groups is 1. The Balaban J connectivity index is 1.46. The number of hydrogen-bond acceptors (Lipinski definition) is 4. The first-order valence-corrected chi connectivity index (χ1v) is 9.08. The van der Waals surface area contributed by atoms with Crippen molar-refractivity contribution in [2.75, 3.05) is 18.8 Å². The van der Waals surface area contributed by atoms with Crippen LogP contribution in [0, 0.1) is 5.92 Å². The van der Waals surface area contributed by atoms with Crippen molar-refractivity contribution in [3.05, 3.63) is 45.9 Å². The summed E-state index contributed by atoms with van der Waals surface area (Å²) in [6.45, 7) is 1.71. The molecule has 1 aliphatic heterocycles. The number of nitrogen functional groups attached to an aromatic ring is 1. The number of nitrogens with zero attached hydrogens (tertiary/aromatic N) is 2. The van der Waals surface area contributed by atoms with Crippen LogP contribution in [0.2, 0.25) is 5.02 Å². The van der Waals surface area contributed by atoms with E-state index in [4.69, 9.17) is 17.3 Å². The molecular formula is C17H20ClN3OS. The minimum atomic E-state index is 0.218. The summed E-state index contributed by atoms with van der Waals surface area (Å²) in [6.07, 6.45) is 3.25. The van der Waals surface area contributed by atoms with E-state index in [-0.39, 0.29) is 5.91 Å². The first kappa shape index (κ1) is 16.3. The summed E-state index contributed by atoms with van der Waals surface area (Å²) >= 11 is 7.34. The molecule has 0 saturated carbocycles. The van der Waals surface area contributed by atoms with Gasteiger partial charge in [-0.3, -0.25) is 4.79 Å². The van der Waals surface area contributed by atoms with E-state index in [0.717, 1.165) is 36.6 Å². The third-order valence-electron chi connectivity index (χ3n) is 4.24. The van der Waals surface area contributed by atoms with Gasteiger partial charge in [-0.05, 0) is 42.9 Å². The molecule has 1 amide bonds. The Hall–Kier alpha value is -1.59. The number of thiazole rings is 1. The van der Waals surface area contributed by atoms with Gasteiger partial charge in [-0.1, -0.05) is 23.7 Å². The Morgan fingerprint density at radius 1 is 1.39 bits per heavy atom. The molecule has 1 aliphatic rings. The number of benzene rings is 1. The summed E-state index contributed by atoms with van der Waals surface area (Å²) in [4.78, 5) is 18.5. The second-order valence-corrected chi connectivity index (χ2v) is 7.33. The van der Waals surface area contributed by atoms with Crippen LogP contribution in [0.3, 0.4) is 0 Å². The lowest BCUT2D eigenvalue weighted by molar-refractivity contribution is -0.130. The topological polar surface area (TPSA) is 59.2 Å². The summed E-state index contributed by atoms with van der Waals surface area (Å²) in [5.74, 6) is 0.755. The standard InChI is InChI=1S/C17H20ClN3OS/c18-14-3-1-12(2-4-14)9-13-7-8-21(10-13)16(22)6-5-15-11-23-17(19)20-15/h1-4,11,13H,5-10H2,(H2,19,20). The highest BCUT2D eigenvalue weighted by molar-refractivity contribution is 7.13. The van der Waals surface area contributed by atoms with Gasteiger partial charge in [-0.15, -0.1) is 11.3 Å². The number of carbonyl (C=O) groups excluding carboxylic acids is 1. The van der Waals surface area contributed by atoms with E-state index in [1.165, 1.54) is 16.9 Å². The molecule has 122 valence electrons. The molecule has 2 N–H and O–H groups in total. The number of rotatable bonds is 5. The fraction of sp³-hybridized carbons (Fsp3) is 0.412. The largest absolute Gasteiger partial charge is 0.375 e. The number of likely N-dealkylation sites (tertiary alicyclic amines) is 1. The first-order chi connectivity index (χ1) is 11.1. The molecule has 0 spiro atoms. The molecule has 23 heavy (non-hydrogen) atoms. The molecule has 1 aromatic heterocycles. The Bertz CT molecular complexity index is 671. The van der Waals surface area contributed by atoms with Crippen molar-refractivity contribution in [2.45, 2.75) is 25.7 Å². The average Bonchev–Trinajstić information content (AvgIpc) is 3.16. The lowest BCUT2D eigenvalue weighted by atomic mass is 9.99. The van der Waals surface area contributed by atoms with Crippen molar-refractivity contribution in [1.82, 2.24) is 9.88 Å². The van der Waals surface area contributed by atoms with Gasteiger partial charge in [0.2, 0.25) is 5.91 Å². The van der Waals surface area contributed by atoms with E-state index >= 15 is 0 Å². The molecule has 0 radical (unpaired) electrons. The summed E-state index contributed by atoms with van der Waals surface area (Å²) in [7, 11) is 0. The molecule has 2 aromatic rings. The van der Waals surface area contributed by atoms with Crippen molar-refractivity contribution in [2.24, 2.45) is 5.92 Å². The molecule has 6 heteroatoms. The van der Waals surface area contributed by atoms with E-state index in [1.807, 2.05) is 22.4 Å². The van der Waals surface area contributed by atoms with Crippen LogP contribution in [-0.4, -0.2) is 28.9 Å². The minimum absolute atomic E-state index is 0.218. The highest BCUT2D eigenvalue weighted by Gasteiger charge is 2.26. The average molecular weight is 350 g/mol. The predicted octanol–water partition coefficient (Wildman–Crippen LogP) is 3.40. The van der Waals surface area contributed by atoms with Crippen LogP contribution >= 0.6 is 22.9 Å². The Morgan fingerprint density at radius 3 is 2.87 bits per heavy atom. The third-order valence-corrected chi connectivity index (χ3v) is 5.22. The number of nitrogens with two attached hydrogens (primary N) is 1. The normalized spacial score (nSPS) is 17.6. The third kappa shape index (κ3) is 4.45. The molecule has 2 heterocycles. The molecule has 1 fully saturated rings. The Kier molecular flexibility index (Phi) is 5.18. The van der Waals surface area contributed by atoms with Crippen LogP contribution in [-0.2, 0) is 17.6 Å². The zero-order valence-corrected chi connectivity index (χ0v) is 14.4. The van der Waals surface area contributed by atoms with E-state index in [0.29, 0.717) is 23.9 Å². The lowest BCUT2D eigenvalue weighted by Crippen LogP contribution is -2.29. The molecule has 1 aromatic carbocycles.